The quantitative estimate of drug-likeness (QED) is 0.887. The lowest BCUT2D eigenvalue weighted by Crippen LogP contribution is -2.12. The van der Waals surface area contributed by atoms with Gasteiger partial charge in [-0.3, -0.25) is 0 Å². The smallest absolute Gasteiger partial charge is 0.230 e. The summed E-state index contributed by atoms with van der Waals surface area (Å²) in [5.41, 5.74) is 1.77. The number of nitrogens with zero attached hydrogens (tertiary/aromatic N) is 3. The van der Waals surface area contributed by atoms with E-state index in [4.69, 9.17) is 10.00 Å². The van der Waals surface area contributed by atoms with Gasteiger partial charge in [0.15, 0.2) is 5.13 Å². The second-order valence-corrected chi connectivity index (χ2v) is 5.80. The van der Waals surface area contributed by atoms with E-state index < -0.39 is 0 Å². The summed E-state index contributed by atoms with van der Waals surface area (Å²) < 4.78 is 5.31. The standard InChI is InChI=1S/C15H18N4OS/c1-19(2)15-18-14(20-3)13(21-15)10-17-9-12-6-4-5-11(7-12)8-16/h4-7,17H,9-10H2,1-3H3. The van der Waals surface area contributed by atoms with Crippen molar-refractivity contribution in [1.82, 2.24) is 10.3 Å². The fourth-order valence-corrected chi connectivity index (χ4v) is 2.78. The molecule has 2 rings (SSSR count). The third-order valence-electron chi connectivity index (χ3n) is 2.90. The summed E-state index contributed by atoms with van der Waals surface area (Å²) in [5.74, 6) is 0.668. The minimum atomic E-state index is 0.668. The third-order valence-corrected chi connectivity index (χ3v) is 4.10. The third kappa shape index (κ3) is 3.94. The Morgan fingerprint density at radius 3 is 2.86 bits per heavy atom. The minimum absolute atomic E-state index is 0.668. The lowest BCUT2D eigenvalue weighted by Gasteiger charge is -2.05. The summed E-state index contributed by atoms with van der Waals surface area (Å²) in [6.45, 7) is 1.39. The molecule has 1 aromatic carbocycles. The van der Waals surface area contributed by atoms with Gasteiger partial charge in [0, 0.05) is 27.2 Å². The molecule has 1 N–H and O–H groups in total. The van der Waals surface area contributed by atoms with E-state index in [9.17, 15) is 0 Å². The Kier molecular flexibility index (Phi) is 5.14. The molecule has 0 aliphatic carbocycles. The van der Waals surface area contributed by atoms with Crippen molar-refractivity contribution in [3.63, 3.8) is 0 Å². The molecule has 0 aliphatic rings. The van der Waals surface area contributed by atoms with Crippen molar-refractivity contribution in [1.29, 1.82) is 5.26 Å². The molecule has 0 bridgehead atoms. The van der Waals surface area contributed by atoms with Gasteiger partial charge in [-0.05, 0) is 17.7 Å². The van der Waals surface area contributed by atoms with Crippen LogP contribution in [0, 0.1) is 11.3 Å². The fourth-order valence-electron chi connectivity index (χ4n) is 1.86. The number of anilines is 1. The summed E-state index contributed by atoms with van der Waals surface area (Å²) in [6, 6.07) is 9.74. The van der Waals surface area contributed by atoms with Crippen LogP contribution in [0.25, 0.3) is 0 Å². The Morgan fingerprint density at radius 1 is 1.38 bits per heavy atom. The lowest BCUT2D eigenvalue weighted by atomic mass is 10.1. The summed E-state index contributed by atoms with van der Waals surface area (Å²) in [6.07, 6.45) is 0. The van der Waals surface area contributed by atoms with Crippen molar-refractivity contribution in [2.24, 2.45) is 0 Å². The average Bonchev–Trinajstić information content (AvgIpc) is 2.91. The number of hydrogen-bond donors (Lipinski definition) is 1. The predicted molar refractivity (Wildman–Crippen MR) is 84.7 cm³/mol. The molecule has 0 unspecified atom stereocenters. The molecule has 5 nitrogen and oxygen atoms in total. The Bertz CT molecular complexity index is 645. The van der Waals surface area contributed by atoms with E-state index in [1.54, 1.807) is 24.5 Å². The molecule has 1 heterocycles. The molecule has 21 heavy (non-hydrogen) atoms. The summed E-state index contributed by atoms with van der Waals surface area (Å²) in [7, 11) is 5.56. The second kappa shape index (κ2) is 7.07. The van der Waals surface area contributed by atoms with Crippen LogP contribution in [0.4, 0.5) is 5.13 Å². The Balaban J connectivity index is 1.98. The SMILES string of the molecule is COc1nc(N(C)C)sc1CNCc1cccc(C#N)c1. The number of rotatable bonds is 6. The maximum atomic E-state index is 8.89. The molecule has 2 aromatic rings. The normalized spacial score (nSPS) is 10.2. The number of hydrogen-bond acceptors (Lipinski definition) is 6. The van der Waals surface area contributed by atoms with Crippen molar-refractivity contribution in [2.45, 2.75) is 13.1 Å². The van der Waals surface area contributed by atoms with E-state index in [0.29, 0.717) is 24.5 Å². The van der Waals surface area contributed by atoms with Gasteiger partial charge in [0.25, 0.3) is 0 Å². The first-order valence-corrected chi connectivity index (χ1v) is 7.36. The van der Waals surface area contributed by atoms with Gasteiger partial charge in [-0.1, -0.05) is 23.5 Å². The van der Waals surface area contributed by atoms with Gasteiger partial charge < -0.3 is 15.0 Å². The predicted octanol–water partition coefficient (Wildman–Crippen LogP) is 2.38. The second-order valence-electron chi connectivity index (χ2n) is 4.74. The largest absolute Gasteiger partial charge is 0.480 e. The molecule has 0 amide bonds. The molecule has 0 saturated carbocycles. The fraction of sp³-hybridized carbons (Fsp3) is 0.333. The molecule has 110 valence electrons. The van der Waals surface area contributed by atoms with E-state index in [0.717, 1.165) is 15.6 Å². The van der Waals surface area contributed by atoms with Crippen LogP contribution in [0.2, 0.25) is 0 Å². The van der Waals surface area contributed by atoms with Crippen LogP contribution in [-0.2, 0) is 13.1 Å². The number of nitriles is 1. The van der Waals surface area contributed by atoms with Crippen LogP contribution in [0.5, 0.6) is 5.88 Å². The number of nitrogens with one attached hydrogen (secondary N) is 1. The van der Waals surface area contributed by atoms with Crippen molar-refractivity contribution in [3.05, 3.63) is 40.3 Å². The first-order chi connectivity index (χ1) is 10.1. The highest BCUT2D eigenvalue weighted by Gasteiger charge is 2.12. The van der Waals surface area contributed by atoms with Crippen molar-refractivity contribution >= 4 is 16.5 Å². The highest BCUT2D eigenvalue weighted by molar-refractivity contribution is 7.15. The van der Waals surface area contributed by atoms with Crippen molar-refractivity contribution in [2.75, 3.05) is 26.1 Å². The Hall–Kier alpha value is -2.10. The maximum absolute atomic E-state index is 8.89. The van der Waals surface area contributed by atoms with Gasteiger partial charge in [-0.2, -0.15) is 10.2 Å². The maximum Gasteiger partial charge on any atom is 0.230 e. The molecular weight excluding hydrogens is 284 g/mol. The Morgan fingerprint density at radius 2 is 2.19 bits per heavy atom. The van der Waals surface area contributed by atoms with Crippen LogP contribution in [-0.4, -0.2) is 26.2 Å². The van der Waals surface area contributed by atoms with Crippen LogP contribution in [0.1, 0.15) is 16.0 Å². The highest BCUT2D eigenvalue weighted by atomic mass is 32.1. The van der Waals surface area contributed by atoms with Gasteiger partial charge in [-0.15, -0.1) is 0 Å². The monoisotopic (exact) mass is 302 g/mol. The van der Waals surface area contributed by atoms with Gasteiger partial charge in [0.05, 0.1) is 23.6 Å². The molecule has 0 saturated heterocycles. The van der Waals surface area contributed by atoms with Crippen molar-refractivity contribution in [3.8, 4) is 11.9 Å². The van der Waals surface area contributed by atoms with E-state index in [1.165, 1.54) is 0 Å². The van der Waals surface area contributed by atoms with Gasteiger partial charge in [0.2, 0.25) is 5.88 Å². The summed E-state index contributed by atoms with van der Waals surface area (Å²) >= 11 is 1.61. The Labute approximate surface area is 128 Å². The number of benzene rings is 1. The van der Waals surface area contributed by atoms with Crippen LogP contribution < -0.4 is 15.0 Å². The topological polar surface area (TPSA) is 61.2 Å². The number of aromatic nitrogens is 1. The lowest BCUT2D eigenvalue weighted by molar-refractivity contribution is 0.394. The molecule has 0 radical (unpaired) electrons. The number of thiazole rings is 1. The van der Waals surface area contributed by atoms with Crippen LogP contribution in [0.3, 0.4) is 0 Å². The molecule has 1 aromatic heterocycles. The molecule has 0 aliphatic heterocycles. The highest BCUT2D eigenvalue weighted by Crippen LogP contribution is 2.30. The van der Waals surface area contributed by atoms with Gasteiger partial charge in [-0.25, -0.2) is 0 Å². The van der Waals surface area contributed by atoms with Crippen molar-refractivity contribution < 1.29 is 4.74 Å². The van der Waals surface area contributed by atoms with Crippen LogP contribution in [0.15, 0.2) is 24.3 Å². The summed E-state index contributed by atoms with van der Waals surface area (Å²) in [4.78, 5) is 7.45. The zero-order chi connectivity index (χ0) is 15.2. The minimum Gasteiger partial charge on any atom is -0.480 e. The number of methoxy groups -OCH3 is 1. The number of ether oxygens (including phenoxy) is 1. The molecule has 0 fully saturated rings. The van der Waals surface area contributed by atoms with E-state index >= 15 is 0 Å². The van der Waals surface area contributed by atoms with E-state index in [2.05, 4.69) is 16.4 Å². The van der Waals surface area contributed by atoms with E-state index in [-0.39, 0.29) is 0 Å². The summed E-state index contributed by atoms with van der Waals surface area (Å²) in [5, 5.41) is 13.2. The zero-order valence-corrected chi connectivity index (χ0v) is 13.2. The van der Waals surface area contributed by atoms with Gasteiger partial charge in [0.1, 0.15) is 0 Å². The van der Waals surface area contributed by atoms with Crippen LogP contribution >= 0.6 is 11.3 Å². The average molecular weight is 302 g/mol. The van der Waals surface area contributed by atoms with Gasteiger partial charge >= 0.3 is 0 Å². The first-order valence-electron chi connectivity index (χ1n) is 6.55. The zero-order valence-electron chi connectivity index (χ0n) is 12.4. The molecular formula is C15H18N4OS. The molecule has 6 heteroatoms. The first kappa shape index (κ1) is 15.3. The van der Waals surface area contributed by atoms with E-state index in [1.807, 2.05) is 37.2 Å². The molecule has 0 spiro atoms. The molecule has 0 atom stereocenters.